The summed E-state index contributed by atoms with van der Waals surface area (Å²) in [4.78, 5) is 41.0. The van der Waals surface area contributed by atoms with Gasteiger partial charge in [0, 0.05) is 17.8 Å². The maximum absolute atomic E-state index is 13.1. The van der Waals surface area contributed by atoms with Crippen molar-refractivity contribution in [3.8, 4) is 0 Å². The molecule has 0 saturated carbocycles. The van der Waals surface area contributed by atoms with Gasteiger partial charge in [-0.2, -0.15) is 0 Å². The number of carbonyl (C=O) groups excluding carboxylic acids is 1. The molecule has 1 aliphatic heterocycles. The lowest BCUT2D eigenvalue weighted by molar-refractivity contribution is -0.385. The summed E-state index contributed by atoms with van der Waals surface area (Å²) in [6.07, 6.45) is -0.00663. The number of benzene rings is 2. The molecule has 0 spiro atoms. The molecular formula is C20H17N3O5S. The second kappa shape index (κ2) is 8.27. The van der Waals surface area contributed by atoms with Gasteiger partial charge in [0.25, 0.3) is 5.69 Å². The predicted octanol–water partition coefficient (Wildman–Crippen LogP) is 3.17. The standard InChI is InChI=1S/C20H17N3O5S/c1-12-17(19(25)26)18(14-8-5-9-15(11-14)23(27)28)22(20(29)21-12)16(24)10-13-6-3-2-4-7-13/h2-9,11,17-18H,10H2,1H3,(H,25,26). The quantitative estimate of drug-likeness (QED) is 0.459. The highest BCUT2D eigenvalue weighted by Gasteiger charge is 2.43. The van der Waals surface area contributed by atoms with Crippen LogP contribution in [-0.2, 0) is 16.0 Å². The molecule has 0 fully saturated rings. The summed E-state index contributed by atoms with van der Waals surface area (Å²) in [6.45, 7) is 1.52. The molecule has 0 aliphatic carbocycles. The number of amides is 1. The third-order valence-corrected chi connectivity index (χ3v) is 4.97. The van der Waals surface area contributed by atoms with Gasteiger partial charge in [-0.3, -0.25) is 24.6 Å². The summed E-state index contributed by atoms with van der Waals surface area (Å²) in [5.41, 5.74) is 1.08. The maximum atomic E-state index is 13.1. The smallest absolute Gasteiger partial charge is 0.314 e. The first-order chi connectivity index (χ1) is 13.8. The van der Waals surface area contributed by atoms with E-state index in [2.05, 4.69) is 4.99 Å². The van der Waals surface area contributed by atoms with Gasteiger partial charge in [-0.25, -0.2) is 4.99 Å². The van der Waals surface area contributed by atoms with E-state index in [1.54, 1.807) is 30.3 Å². The highest BCUT2D eigenvalue weighted by atomic mass is 32.1. The van der Waals surface area contributed by atoms with E-state index in [4.69, 9.17) is 12.2 Å². The van der Waals surface area contributed by atoms with E-state index in [1.165, 1.54) is 25.1 Å². The molecule has 2 unspecified atom stereocenters. The fraction of sp³-hybridized carbons (Fsp3) is 0.200. The Labute approximate surface area is 171 Å². The molecule has 1 aliphatic rings. The molecule has 9 heteroatoms. The molecule has 1 amide bonds. The number of nitro groups is 1. The molecule has 2 atom stereocenters. The Kier molecular flexibility index (Phi) is 5.79. The van der Waals surface area contributed by atoms with Gasteiger partial charge in [0.1, 0.15) is 5.92 Å². The lowest BCUT2D eigenvalue weighted by Crippen LogP contribution is -2.49. The number of thiocarbonyl (C=S) groups is 1. The van der Waals surface area contributed by atoms with E-state index < -0.39 is 28.8 Å². The number of rotatable bonds is 5. The maximum Gasteiger partial charge on any atom is 0.314 e. The van der Waals surface area contributed by atoms with Crippen molar-refractivity contribution >= 4 is 40.6 Å². The SMILES string of the molecule is CC1=NC(=S)N(C(=O)Cc2ccccc2)C(c2cccc([N+](=O)[O-])c2)C1C(=O)O. The molecule has 8 nitrogen and oxygen atoms in total. The lowest BCUT2D eigenvalue weighted by Gasteiger charge is -2.38. The number of nitro benzene ring substituents is 1. The molecule has 0 radical (unpaired) electrons. The molecule has 0 bridgehead atoms. The van der Waals surface area contributed by atoms with Gasteiger partial charge in [-0.05, 0) is 30.3 Å². The number of aliphatic carboxylic acids is 1. The van der Waals surface area contributed by atoms with E-state index in [0.717, 1.165) is 10.5 Å². The van der Waals surface area contributed by atoms with E-state index in [1.807, 2.05) is 6.07 Å². The molecular weight excluding hydrogens is 394 g/mol. The Morgan fingerprint density at radius 1 is 1.21 bits per heavy atom. The van der Waals surface area contributed by atoms with Crippen molar-refractivity contribution in [3.63, 3.8) is 0 Å². The van der Waals surface area contributed by atoms with Crippen LogP contribution in [0.4, 0.5) is 5.69 Å². The van der Waals surface area contributed by atoms with Crippen molar-refractivity contribution in [2.24, 2.45) is 10.9 Å². The first-order valence-electron chi connectivity index (χ1n) is 8.72. The van der Waals surface area contributed by atoms with Crippen LogP contribution in [0.1, 0.15) is 24.1 Å². The monoisotopic (exact) mass is 411 g/mol. The Bertz CT molecular complexity index is 1020. The van der Waals surface area contributed by atoms with Gasteiger partial charge in [-0.1, -0.05) is 42.5 Å². The van der Waals surface area contributed by atoms with Crippen molar-refractivity contribution in [3.05, 3.63) is 75.8 Å². The number of aliphatic imine (C=N–C) groups is 1. The second-order valence-electron chi connectivity index (χ2n) is 6.57. The van der Waals surface area contributed by atoms with Crippen molar-refractivity contribution in [2.45, 2.75) is 19.4 Å². The number of carbonyl (C=O) groups is 2. The van der Waals surface area contributed by atoms with Crippen molar-refractivity contribution in [1.82, 2.24) is 4.90 Å². The minimum atomic E-state index is -1.19. The highest BCUT2D eigenvalue weighted by Crippen LogP contribution is 2.36. The van der Waals surface area contributed by atoms with Crippen LogP contribution >= 0.6 is 12.2 Å². The van der Waals surface area contributed by atoms with Crippen LogP contribution in [0.2, 0.25) is 0 Å². The molecule has 0 saturated heterocycles. The molecule has 2 aromatic carbocycles. The summed E-state index contributed by atoms with van der Waals surface area (Å²) in [5.74, 6) is -2.80. The molecule has 1 heterocycles. The summed E-state index contributed by atoms with van der Waals surface area (Å²) in [6, 6.07) is 13.5. The van der Waals surface area contributed by atoms with Crippen LogP contribution in [-0.4, -0.2) is 37.6 Å². The molecule has 1 N–H and O–H groups in total. The van der Waals surface area contributed by atoms with Gasteiger partial charge in [-0.15, -0.1) is 0 Å². The van der Waals surface area contributed by atoms with Crippen LogP contribution in [0.25, 0.3) is 0 Å². The largest absolute Gasteiger partial charge is 0.481 e. The summed E-state index contributed by atoms with van der Waals surface area (Å²) in [5, 5.41) is 20.9. The fourth-order valence-electron chi connectivity index (χ4n) is 3.37. The minimum Gasteiger partial charge on any atom is -0.481 e. The molecule has 29 heavy (non-hydrogen) atoms. The number of hydrogen-bond donors (Lipinski definition) is 1. The molecule has 3 rings (SSSR count). The Morgan fingerprint density at radius 2 is 1.90 bits per heavy atom. The Balaban J connectivity index is 2.09. The third-order valence-electron chi connectivity index (χ3n) is 4.68. The summed E-state index contributed by atoms with van der Waals surface area (Å²) < 4.78 is 0. The molecule has 148 valence electrons. The third kappa shape index (κ3) is 4.19. The van der Waals surface area contributed by atoms with Crippen LogP contribution in [0, 0.1) is 16.0 Å². The van der Waals surface area contributed by atoms with Crippen molar-refractivity contribution in [2.75, 3.05) is 0 Å². The first-order valence-corrected chi connectivity index (χ1v) is 9.12. The fourth-order valence-corrected chi connectivity index (χ4v) is 3.73. The number of non-ortho nitro benzene ring substituents is 1. The molecule has 0 aromatic heterocycles. The van der Waals surface area contributed by atoms with E-state index >= 15 is 0 Å². The zero-order chi connectivity index (χ0) is 21.1. The average molecular weight is 411 g/mol. The first kappa shape index (κ1) is 20.3. The minimum absolute atomic E-state index is 0.00663. The number of carboxylic acid groups (broad SMARTS) is 1. The van der Waals surface area contributed by atoms with Gasteiger partial charge < -0.3 is 5.11 Å². The van der Waals surface area contributed by atoms with E-state index in [9.17, 15) is 24.8 Å². The van der Waals surface area contributed by atoms with E-state index in [0.29, 0.717) is 5.56 Å². The van der Waals surface area contributed by atoms with Crippen molar-refractivity contribution in [1.29, 1.82) is 0 Å². The van der Waals surface area contributed by atoms with Crippen LogP contribution in [0.3, 0.4) is 0 Å². The number of nitrogens with zero attached hydrogens (tertiary/aromatic N) is 3. The number of carboxylic acids is 1. The summed E-state index contributed by atoms with van der Waals surface area (Å²) >= 11 is 5.29. The van der Waals surface area contributed by atoms with Crippen molar-refractivity contribution < 1.29 is 19.6 Å². The predicted molar refractivity (Wildman–Crippen MR) is 110 cm³/mol. The Morgan fingerprint density at radius 3 is 2.52 bits per heavy atom. The normalized spacial score (nSPS) is 18.9. The summed E-state index contributed by atoms with van der Waals surface area (Å²) in [7, 11) is 0. The van der Waals surface area contributed by atoms with Crippen LogP contribution < -0.4 is 0 Å². The second-order valence-corrected chi connectivity index (χ2v) is 6.94. The van der Waals surface area contributed by atoms with Crippen LogP contribution in [0.15, 0.2) is 59.6 Å². The molecule has 2 aromatic rings. The lowest BCUT2D eigenvalue weighted by atomic mass is 9.86. The highest BCUT2D eigenvalue weighted by molar-refractivity contribution is 7.80. The topological polar surface area (TPSA) is 113 Å². The zero-order valence-corrected chi connectivity index (χ0v) is 16.2. The van der Waals surface area contributed by atoms with E-state index in [-0.39, 0.29) is 22.9 Å². The van der Waals surface area contributed by atoms with Gasteiger partial charge in [0.15, 0.2) is 0 Å². The number of hydrogen-bond acceptors (Lipinski definition) is 5. The van der Waals surface area contributed by atoms with Gasteiger partial charge in [0.2, 0.25) is 11.0 Å². The Hall–Kier alpha value is -3.46. The van der Waals surface area contributed by atoms with Crippen LogP contribution in [0.5, 0.6) is 0 Å². The van der Waals surface area contributed by atoms with Gasteiger partial charge in [0.05, 0.1) is 17.4 Å². The zero-order valence-electron chi connectivity index (χ0n) is 15.4. The van der Waals surface area contributed by atoms with Gasteiger partial charge >= 0.3 is 5.97 Å². The average Bonchev–Trinajstić information content (AvgIpc) is 2.67.